The molecule has 4 rings (SSSR count). The van der Waals surface area contributed by atoms with Crippen LogP contribution in [0, 0.1) is 0 Å². The number of likely N-dealkylation sites (N-methyl/N-ethyl adjacent to an activating group) is 1. The molecule has 178 valence electrons. The minimum atomic E-state index is -3.85. The van der Waals surface area contributed by atoms with Gasteiger partial charge in [0.1, 0.15) is 17.1 Å². The van der Waals surface area contributed by atoms with Crippen LogP contribution in [0.15, 0.2) is 27.9 Å². The molecule has 0 saturated carbocycles. The molecule has 0 radical (unpaired) electrons. The number of fused-ring (bicyclic) bond motifs is 1. The van der Waals surface area contributed by atoms with Crippen molar-refractivity contribution in [3.63, 3.8) is 0 Å². The van der Waals surface area contributed by atoms with Crippen LogP contribution in [0.1, 0.15) is 28.7 Å². The fraction of sp³-hybridized carbons (Fsp3) is 0.500. The van der Waals surface area contributed by atoms with Gasteiger partial charge in [-0.1, -0.05) is 13.3 Å². The van der Waals surface area contributed by atoms with Crippen LogP contribution in [0.25, 0.3) is 22.4 Å². The highest BCUT2D eigenvalue weighted by Gasteiger charge is 2.29. The summed E-state index contributed by atoms with van der Waals surface area (Å²) in [7, 11) is -0.418. The molecule has 0 bridgehead atoms. The molecule has 3 heterocycles. The Kier molecular flexibility index (Phi) is 5.51. The lowest BCUT2D eigenvalue weighted by atomic mass is 10.1. The van der Waals surface area contributed by atoms with Gasteiger partial charge < -0.3 is 14.6 Å². The molecular weight excluding hydrogens is 444 g/mol. The van der Waals surface area contributed by atoms with Crippen LogP contribution in [0.3, 0.4) is 0 Å². The first kappa shape index (κ1) is 19.7. The zero-order chi connectivity index (χ0) is 26.4. The van der Waals surface area contributed by atoms with Gasteiger partial charge in [0.25, 0.3) is 5.56 Å². The lowest BCUT2D eigenvalue weighted by Gasteiger charge is -2.31. The van der Waals surface area contributed by atoms with Crippen LogP contribution in [0.5, 0.6) is 5.75 Å². The fourth-order valence-corrected chi connectivity index (χ4v) is 5.30. The quantitative estimate of drug-likeness (QED) is 0.550. The molecule has 2 aromatic heterocycles. The summed E-state index contributed by atoms with van der Waals surface area (Å²) < 4.78 is 60.3. The summed E-state index contributed by atoms with van der Waals surface area (Å²) in [5.41, 5.74) is -0.602. The summed E-state index contributed by atoms with van der Waals surface area (Å²) in [6.45, 7) is 5.59. The topological polar surface area (TPSA) is 113 Å². The number of rotatable bonds is 7. The number of H-pyrrole nitrogens is 1. The Morgan fingerprint density at radius 3 is 2.61 bits per heavy atom. The zero-order valence-electron chi connectivity index (χ0n) is 22.2. The van der Waals surface area contributed by atoms with Gasteiger partial charge in [0.15, 0.2) is 6.93 Å². The molecule has 33 heavy (non-hydrogen) atoms. The first-order valence-corrected chi connectivity index (χ1v) is 12.3. The van der Waals surface area contributed by atoms with E-state index in [0.29, 0.717) is 31.2 Å². The molecule has 3 aromatic rings. The van der Waals surface area contributed by atoms with Gasteiger partial charge in [0.2, 0.25) is 10.0 Å². The van der Waals surface area contributed by atoms with Gasteiger partial charge in [-0.05, 0) is 38.5 Å². The van der Waals surface area contributed by atoms with Gasteiger partial charge >= 0.3 is 0 Å². The van der Waals surface area contributed by atoms with E-state index in [2.05, 4.69) is 10.1 Å². The number of hydrogen-bond donors (Lipinski definition) is 1. The maximum Gasteiger partial charge on any atom is 0.277 e. The third kappa shape index (κ3) is 4.40. The Morgan fingerprint density at radius 1 is 1.21 bits per heavy atom. The van der Waals surface area contributed by atoms with E-state index >= 15 is 0 Å². The number of nitrogens with one attached hydrogen (secondary N) is 1. The second-order valence-electron chi connectivity index (χ2n) is 7.85. The lowest BCUT2D eigenvalue weighted by molar-refractivity contribution is 0.222. The van der Waals surface area contributed by atoms with Gasteiger partial charge in [0.05, 0.1) is 22.8 Å². The van der Waals surface area contributed by atoms with Crippen LogP contribution in [-0.4, -0.2) is 77.2 Å². The van der Waals surface area contributed by atoms with Crippen LogP contribution >= 0.6 is 0 Å². The van der Waals surface area contributed by atoms with Gasteiger partial charge in [-0.3, -0.25) is 9.48 Å². The second kappa shape index (κ2) is 9.24. The van der Waals surface area contributed by atoms with Gasteiger partial charge in [-0.25, -0.2) is 13.4 Å². The minimum absolute atomic E-state index is 0.00449. The first-order valence-electron chi connectivity index (χ1n) is 12.3. The van der Waals surface area contributed by atoms with Crippen molar-refractivity contribution in [2.45, 2.75) is 31.5 Å². The Balaban J connectivity index is 1.95. The number of hydrogen-bond acceptors (Lipinski definition) is 7. The number of aryl methyl sites for hydroxylation is 2. The van der Waals surface area contributed by atoms with E-state index in [9.17, 15) is 13.2 Å². The third-order valence-electron chi connectivity index (χ3n) is 5.59. The molecule has 1 saturated heterocycles. The van der Waals surface area contributed by atoms with Gasteiger partial charge in [-0.2, -0.15) is 9.40 Å². The summed E-state index contributed by atoms with van der Waals surface area (Å²) in [5.74, 6) is 0.0959. The van der Waals surface area contributed by atoms with E-state index in [1.807, 2.05) is 11.9 Å². The van der Waals surface area contributed by atoms with E-state index < -0.39 is 22.0 Å². The lowest BCUT2D eigenvalue weighted by Crippen LogP contribution is -2.47. The van der Waals surface area contributed by atoms with Crippen molar-refractivity contribution in [2.75, 3.05) is 39.8 Å². The minimum Gasteiger partial charge on any atom is -0.493 e. The SMILES string of the molecule is [2H]n1c(-c2cc(S(=O)(=O)N3CCN(C)CC3)ccc2OCC)nc2c(C([2H])([2H])CC)nn(C)c2c1=O. The summed E-state index contributed by atoms with van der Waals surface area (Å²) in [6, 6.07) is 4.30. The largest absolute Gasteiger partial charge is 0.493 e. The summed E-state index contributed by atoms with van der Waals surface area (Å²) >= 11 is 0. The van der Waals surface area contributed by atoms with E-state index in [4.69, 9.17) is 8.89 Å². The molecule has 0 atom stereocenters. The van der Waals surface area contributed by atoms with E-state index in [1.165, 1.54) is 34.2 Å². The summed E-state index contributed by atoms with van der Waals surface area (Å²) in [4.78, 5) is 20.3. The van der Waals surface area contributed by atoms with Gasteiger partial charge in [-0.15, -0.1) is 0 Å². The molecule has 11 heteroatoms. The van der Waals surface area contributed by atoms with Crippen LogP contribution in [0.4, 0.5) is 0 Å². The molecule has 1 N–H and O–H groups in total. The molecular formula is C22H30N6O4S. The first-order chi connectivity index (χ1) is 16.9. The van der Waals surface area contributed by atoms with Crippen LogP contribution in [-0.2, 0) is 23.4 Å². The van der Waals surface area contributed by atoms with E-state index in [-0.39, 0.29) is 51.8 Å². The predicted molar refractivity (Wildman–Crippen MR) is 126 cm³/mol. The number of piperazine rings is 1. The molecule has 0 spiro atoms. The molecule has 1 aliphatic heterocycles. The van der Waals surface area contributed by atoms with E-state index in [1.54, 1.807) is 13.8 Å². The van der Waals surface area contributed by atoms with Crippen LogP contribution < -0.4 is 10.3 Å². The summed E-state index contributed by atoms with van der Waals surface area (Å²) in [5, 5.41) is 4.20. The van der Waals surface area contributed by atoms with Crippen molar-refractivity contribution in [1.29, 1.82) is 0 Å². The number of ether oxygens (including phenoxy) is 1. The average Bonchev–Trinajstić information content (AvgIpc) is 3.19. The average molecular weight is 478 g/mol. The third-order valence-corrected chi connectivity index (χ3v) is 7.48. The predicted octanol–water partition coefficient (Wildman–Crippen LogP) is 1.61. The fourth-order valence-electron chi connectivity index (χ4n) is 3.85. The molecule has 1 aliphatic rings. The van der Waals surface area contributed by atoms with Crippen molar-refractivity contribution in [2.24, 2.45) is 7.05 Å². The number of aromatic amines is 1. The standard InChI is InChI=1S/C22H30N6O4S/c1-5-7-17-19-20(27(4)25-17)22(29)24-21(23-19)16-14-15(8-9-18(16)32-6-2)33(30,31)28-12-10-26(3)11-13-28/h8-9,14H,5-7,10-13H2,1-4H3,(H,23,24,29)/i7D2/hD. The Hall–Kier alpha value is -2.76. The van der Waals surface area contributed by atoms with Crippen molar-refractivity contribution < 1.29 is 17.3 Å². The van der Waals surface area contributed by atoms with Gasteiger partial charge in [0, 0.05) is 36.0 Å². The molecule has 0 amide bonds. The Labute approximate surface area is 197 Å². The summed E-state index contributed by atoms with van der Waals surface area (Å²) in [6.07, 6.45) is -1.76. The van der Waals surface area contributed by atoms with Crippen LogP contribution in [0.2, 0.25) is 1.41 Å². The number of nitrogens with zero attached hydrogens (tertiary/aromatic N) is 5. The van der Waals surface area contributed by atoms with Crippen molar-refractivity contribution in [1.82, 2.24) is 28.9 Å². The highest BCUT2D eigenvalue weighted by molar-refractivity contribution is 7.89. The maximum absolute atomic E-state index is 13.4. The zero-order valence-corrected chi connectivity index (χ0v) is 20.0. The van der Waals surface area contributed by atoms with Crippen molar-refractivity contribution in [3.05, 3.63) is 34.2 Å². The monoisotopic (exact) mass is 477 g/mol. The normalized spacial score (nSPS) is 17.6. The molecule has 1 aromatic carbocycles. The molecule has 10 nitrogen and oxygen atoms in total. The number of benzene rings is 1. The van der Waals surface area contributed by atoms with Crippen molar-refractivity contribution >= 4 is 21.1 Å². The van der Waals surface area contributed by atoms with E-state index in [0.717, 1.165) is 0 Å². The number of sulfonamides is 1. The Morgan fingerprint density at radius 2 is 1.94 bits per heavy atom. The molecule has 0 aliphatic carbocycles. The number of aromatic nitrogens is 4. The second-order valence-corrected chi connectivity index (χ2v) is 9.79. The smallest absolute Gasteiger partial charge is 0.277 e. The highest BCUT2D eigenvalue weighted by atomic mass is 32.2. The van der Waals surface area contributed by atoms with Crippen molar-refractivity contribution in [3.8, 4) is 17.1 Å². The Bertz CT molecular complexity index is 1460. The maximum atomic E-state index is 13.4. The molecule has 0 unspecified atom stereocenters. The molecule has 1 fully saturated rings. The highest BCUT2D eigenvalue weighted by Crippen LogP contribution is 2.32.